The number of rotatable bonds is 4. The Morgan fingerprint density at radius 1 is 0.867 bits per heavy atom. The molecule has 1 saturated carbocycles. The Hall–Kier alpha value is -3.31. The SMILES string of the molecule is Cc1cccc(C)c1-c1cc(C)c2nc(Nc3ccc(C4(N)CC4)cc3)nnc2c1. The Bertz CT molecular complexity index is 1240. The predicted octanol–water partition coefficient (Wildman–Crippen LogP) is 5.31. The molecule has 150 valence electrons. The van der Waals surface area contributed by atoms with Crippen LogP contribution in [-0.4, -0.2) is 15.2 Å². The average Bonchev–Trinajstić information content (AvgIpc) is 3.47. The summed E-state index contributed by atoms with van der Waals surface area (Å²) in [4.78, 5) is 4.72. The lowest BCUT2D eigenvalue weighted by Gasteiger charge is -2.13. The van der Waals surface area contributed by atoms with E-state index in [0.29, 0.717) is 5.95 Å². The van der Waals surface area contributed by atoms with Gasteiger partial charge in [0.05, 0.1) is 5.52 Å². The summed E-state index contributed by atoms with van der Waals surface area (Å²) in [6.45, 7) is 6.35. The minimum atomic E-state index is -0.121. The number of benzene rings is 3. The normalized spacial score (nSPS) is 14.7. The van der Waals surface area contributed by atoms with Crippen LogP contribution in [-0.2, 0) is 5.54 Å². The van der Waals surface area contributed by atoms with E-state index in [1.54, 1.807) is 0 Å². The first-order valence-corrected chi connectivity index (χ1v) is 10.3. The van der Waals surface area contributed by atoms with E-state index in [-0.39, 0.29) is 5.54 Å². The first kappa shape index (κ1) is 18.7. The Kier molecular flexibility index (Phi) is 4.29. The molecule has 0 saturated heterocycles. The van der Waals surface area contributed by atoms with Gasteiger partial charge in [-0.05, 0) is 91.3 Å². The fourth-order valence-corrected chi connectivity index (χ4v) is 4.12. The maximum atomic E-state index is 6.27. The van der Waals surface area contributed by atoms with Crippen molar-refractivity contribution in [3.05, 3.63) is 76.9 Å². The van der Waals surface area contributed by atoms with Crippen LogP contribution in [0.25, 0.3) is 22.2 Å². The first-order chi connectivity index (χ1) is 14.4. The number of aryl methyl sites for hydroxylation is 3. The molecule has 5 nitrogen and oxygen atoms in total. The van der Waals surface area contributed by atoms with E-state index in [2.05, 4.69) is 78.7 Å². The van der Waals surface area contributed by atoms with Crippen LogP contribution in [0.5, 0.6) is 0 Å². The van der Waals surface area contributed by atoms with E-state index in [1.165, 1.54) is 22.3 Å². The van der Waals surface area contributed by atoms with Crippen molar-refractivity contribution in [3.8, 4) is 11.1 Å². The third-order valence-corrected chi connectivity index (χ3v) is 6.02. The van der Waals surface area contributed by atoms with Crippen LogP contribution in [0.1, 0.15) is 35.1 Å². The minimum Gasteiger partial charge on any atom is -0.323 e. The molecule has 0 aliphatic heterocycles. The topological polar surface area (TPSA) is 76.7 Å². The number of hydrogen-bond acceptors (Lipinski definition) is 5. The smallest absolute Gasteiger partial charge is 0.247 e. The second kappa shape index (κ2) is 6.89. The van der Waals surface area contributed by atoms with Crippen molar-refractivity contribution in [3.63, 3.8) is 0 Å². The van der Waals surface area contributed by atoms with E-state index in [0.717, 1.165) is 40.7 Å². The zero-order valence-electron chi connectivity index (χ0n) is 17.5. The van der Waals surface area contributed by atoms with Gasteiger partial charge in [0.15, 0.2) is 0 Å². The molecule has 5 rings (SSSR count). The van der Waals surface area contributed by atoms with E-state index >= 15 is 0 Å². The van der Waals surface area contributed by atoms with Crippen LogP contribution in [0.2, 0.25) is 0 Å². The molecule has 0 atom stereocenters. The van der Waals surface area contributed by atoms with Crippen molar-refractivity contribution < 1.29 is 0 Å². The highest BCUT2D eigenvalue weighted by molar-refractivity contribution is 5.86. The van der Waals surface area contributed by atoms with Crippen LogP contribution in [0.4, 0.5) is 11.6 Å². The van der Waals surface area contributed by atoms with E-state index in [9.17, 15) is 0 Å². The molecule has 30 heavy (non-hydrogen) atoms. The minimum absolute atomic E-state index is 0.121. The number of fused-ring (bicyclic) bond motifs is 1. The summed E-state index contributed by atoms with van der Waals surface area (Å²) in [5.74, 6) is 0.493. The van der Waals surface area contributed by atoms with Gasteiger partial charge < -0.3 is 11.1 Å². The van der Waals surface area contributed by atoms with Gasteiger partial charge in [-0.3, -0.25) is 0 Å². The summed E-state index contributed by atoms with van der Waals surface area (Å²) >= 11 is 0. The number of nitrogens with zero attached hydrogens (tertiary/aromatic N) is 3. The molecule has 5 heteroatoms. The molecule has 0 unspecified atom stereocenters. The summed E-state index contributed by atoms with van der Waals surface area (Å²) in [7, 11) is 0. The molecule has 0 spiro atoms. The third-order valence-electron chi connectivity index (χ3n) is 6.02. The van der Waals surface area contributed by atoms with Gasteiger partial charge in [-0.25, -0.2) is 4.98 Å². The molecular weight excluding hydrogens is 370 g/mol. The lowest BCUT2D eigenvalue weighted by atomic mass is 9.94. The quantitative estimate of drug-likeness (QED) is 0.490. The van der Waals surface area contributed by atoms with Crippen molar-refractivity contribution in [2.45, 2.75) is 39.2 Å². The summed E-state index contributed by atoms with van der Waals surface area (Å²) in [5.41, 5.74) is 15.9. The number of nitrogens with one attached hydrogen (secondary N) is 1. The number of hydrogen-bond donors (Lipinski definition) is 2. The van der Waals surface area contributed by atoms with Gasteiger partial charge in [-0.2, -0.15) is 0 Å². The van der Waals surface area contributed by atoms with Gasteiger partial charge in [0.1, 0.15) is 5.52 Å². The van der Waals surface area contributed by atoms with Crippen molar-refractivity contribution in [1.82, 2.24) is 15.2 Å². The van der Waals surface area contributed by atoms with Gasteiger partial charge in [0.2, 0.25) is 5.95 Å². The molecular formula is C25H25N5. The maximum absolute atomic E-state index is 6.27. The largest absolute Gasteiger partial charge is 0.323 e. The highest BCUT2D eigenvalue weighted by Gasteiger charge is 2.39. The molecule has 3 N–H and O–H groups in total. The Morgan fingerprint density at radius 2 is 1.57 bits per heavy atom. The lowest BCUT2D eigenvalue weighted by molar-refractivity contribution is 0.740. The number of anilines is 2. The molecule has 1 aliphatic carbocycles. The Morgan fingerprint density at radius 3 is 2.23 bits per heavy atom. The second-order valence-corrected chi connectivity index (χ2v) is 8.42. The van der Waals surface area contributed by atoms with E-state index in [4.69, 9.17) is 10.7 Å². The standard InChI is InChI=1S/C25H25N5/c1-15-5-4-6-16(2)22(15)18-13-17(3)23-21(14-18)29-30-24(28-23)27-20-9-7-19(8-10-20)25(26)11-12-25/h4-10,13-14H,11-12,26H2,1-3H3,(H,27,28,30). The monoisotopic (exact) mass is 395 g/mol. The zero-order chi connectivity index (χ0) is 20.9. The van der Waals surface area contributed by atoms with Crippen molar-refractivity contribution in [1.29, 1.82) is 0 Å². The number of aromatic nitrogens is 3. The Labute approximate surface area is 176 Å². The molecule has 4 aromatic rings. The molecule has 0 radical (unpaired) electrons. The van der Waals surface area contributed by atoms with Crippen LogP contribution >= 0.6 is 0 Å². The van der Waals surface area contributed by atoms with Crippen LogP contribution in [0.3, 0.4) is 0 Å². The van der Waals surface area contributed by atoms with Crippen molar-refractivity contribution in [2.24, 2.45) is 5.73 Å². The fourth-order valence-electron chi connectivity index (χ4n) is 4.12. The van der Waals surface area contributed by atoms with Gasteiger partial charge in [-0.1, -0.05) is 30.3 Å². The molecule has 1 aliphatic rings. The predicted molar refractivity (Wildman–Crippen MR) is 122 cm³/mol. The first-order valence-electron chi connectivity index (χ1n) is 10.3. The zero-order valence-corrected chi connectivity index (χ0v) is 17.5. The van der Waals surface area contributed by atoms with E-state index < -0.39 is 0 Å². The van der Waals surface area contributed by atoms with Gasteiger partial charge in [-0.15, -0.1) is 10.2 Å². The number of nitrogens with two attached hydrogens (primary N) is 1. The summed E-state index contributed by atoms with van der Waals surface area (Å²) in [6.07, 6.45) is 2.11. The second-order valence-electron chi connectivity index (χ2n) is 8.42. The molecule has 0 bridgehead atoms. The van der Waals surface area contributed by atoms with Crippen LogP contribution < -0.4 is 11.1 Å². The average molecular weight is 396 g/mol. The van der Waals surface area contributed by atoms with E-state index in [1.807, 2.05) is 12.1 Å². The Balaban J connectivity index is 1.47. The summed E-state index contributed by atoms with van der Waals surface area (Å²) in [5, 5.41) is 12.0. The highest BCUT2D eigenvalue weighted by Crippen LogP contribution is 2.42. The van der Waals surface area contributed by atoms with Crippen LogP contribution in [0, 0.1) is 20.8 Å². The molecule has 1 aromatic heterocycles. The van der Waals surface area contributed by atoms with Gasteiger partial charge in [0, 0.05) is 11.2 Å². The molecule has 0 amide bonds. The summed E-state index contributed by atoms with van der Waals surface area (Å²) < 4.78 is 0. The van der Waals surface area contributed by atoms with Crippen molar-refractivity contribution >= 4 is 22.7 Å². The van der Waals surface area contributed by atoms with Gasteiger partial charge in [0.25, 0.3) is 0 Å². The molecule has 1 heterocycles. The van der Waals surface area contributed by atoms with Gasteiger partial charge >= 0.3 is 0 Å². The highest BCUT2D eigenvalue weighted by atomic mass is 15.2. The molecule has 1 fully saturated rings. The fraction of sp³-hybridized carbons (Fsp3) is 0.240. The van der Waals surface area contributed by atoms with Crippen LogP contribution in [0.15, 0.2) is 54.6 Å². The summed E-state index contributed by atoms with van der Waals surface area (Å²) in [6, 6.07) is 18.8. The maximum Gasteiger partial charge on any atom is 0.247 e. The third kappa shape index (κ3) is 3.31. The lowest BCUT2D eigenvalue weighted by Crippen LogP contribution is -2.18. The molecule has 3 aromatic carbocycles. The van der Waals surface area contributed by atoms with Crippen molar-refractivity contribution in [2.75, 3.05) is 5.32 Å².